The van der Waals surface area contributed by atoms with Crippen LogP contribution in [-0.4, -0.2) is 35.4 Å². The molecular weight excluding hydrogens is 394 g/mol. The fourth-order valence-corrected chi connectivity index (χ4v) is 2.86. The number of amides is 1. The molecule has 0 spiro atoms. The molecule has 9 heteroatoms. The second-order valence-electron chi connectivity index (χ2n) is 7.88. The van der Waals surface area contributed by atoms with E-state index in [4.69, 9.17) is 0 Å². The number of carbonyl (C=O) groups is 1. The molecule has 4 rings (SSSR count). The van der Waals surface area contributed by atoms with Gasteiger partial charge in [-0.05, 0) is 24.3 Å². The third-order valence-corrected chi connectivity index (χ3v) is 4.49. The maximum Gasteiger partial charge on any atom is 0.277 e. The molecule has 1 aromatic carbocycles. The van der Waals surface area contributed by atoms with E-state index >= 15 is 0 Å². The van der Waals surface area contributed by atoms with Crippen molar-refractivity contribution in [3.05, 3.63) is 88.7 Å². The molecule has 0 aliphatic carbocycles. The van der Waals surface area contributed by atoms with Crippen LogP contribution < -0.4 is 10.9 Å². The molecule has 1 amide bonds. The van der Waals surface area contributed by atoms with E-state index in [9.17, 15) is 9.59 Å². The smallest absolute Gasteiger partial charge is 0.277 e. The van der Waals surface area contributed by atoms with E-state index < -0.39 is 5.91 Å². The predicted octanol–water partition coefficient (Wildman–Crippen LogP) is 2.76. The SMILES string of the molecule is CC(C)(C)c1cc(NC(=O)c2ccc(=O)n(-c3ccccc3)n2)n(-c2ncccn2)n1. The summed E-state index contributed by atoms with van der Waals surface area (Å²) in [6, 6.07) is 15.1. The van der Waals surface area contributed by atoms with Gasteiger partial charge in [0.25, 0.3) is 17.4 Å². The molecule has 0 atom stereocenters. The van der Waals surface area contributed by atoms with E-state index in [-0.39, 0.29) is 16.7 Å². The van der Waals surface area contributed by atoms with Crippen LogP contribution in [0.2, 0.25) is 0 Å². The molecule has 0 fully saturated rings. The lowest BCUT2D eigenvalue weighted by Gasteiger charge is -2.13. The molecule has 0 aliphatic heterocycles. The lowest BCUT2D eigenvalue weighted by Crippen LogP contribution is -2.25. The lowest BCUT2D eigenvalue weighted by atomic mass is 9.92. The van der Waals surface area contributed by atoms with Gasteiger partial charge in [-0.25, -0.2) is 9.97 Å². The second kappa shape index (κ2) is 7.94. The average molecular weight is 415 g/mol. The Morgan fingerprint density at radius 2 is 1.61 bits per heavy atom. The van der Waals surface area contributed by atoms with Crippen molar-refractivity contribution in [2.24, 2.45) is 0 Å². The highest BCUT2D eigenvalue weighted by Gasteiger charge is 2.23. The maximum absolute atomic E-state index is 13.0. The van der Waals surface area contributed by atoms with Crippen molar-refractivity contribution in [3.8, 4) is 11.6 Å². The van der Waals surface area contributed by atoms with Gasteiger partial charge < -0.3 is 5.32 Å². The molecule has 4 aromatic rings. The highest BCUT2D eigenvalue weighted by molar-refractivity contribution is 6.02. The van der Waals surface area contributed by atoms with E-state index in [1.165, 1.54) is 21.5 Å². The molecule has 0 bridgehead atoms. The predicted molar refractivity (Wildman–Crippen MR) is 116 cm³/mol. The van der Waals surface area contributed by atoms with Gasteiger partial charge in [0, 0.05) is 29.9 Å². The topological polar surface area (TPSA) is 108 Å². The standard InChI is InChI=1S/C22H21N7O2/c1-22(2,3)17-14-18(29(27-17)21-23-12-7-13-24-21)25-20(31)16-10-11-19(30)28(26-16)15-8-5-4-6-9-15/h4-14H,1-3H3,(H,25,31). The molecule has 9 nitrogen and oxygen atoms in total. The first-order chi connectivity index (χ1) is 14.8. The van der Waals surface area contributed by atoms with E-state index in [1.807, 2.05) is 26.8 Å². The van der Waals surface area contributed by atoms with E-state index in [0.717, 1.165) is 5.69 Å². The minimum absolute atomic E-state index is 0.0856. The number of benzene rings is 1. The van der Waals surface area contributed by atoms with Gasteiger partial charge in [0.1, 0.15) is 11.5 Å². The van der Waals surface area contributed by atoms with Gasteiger partial charge >= 0.3 is 0 Å². The Morgan fingerprint density at radius 1 is 0.903 bits per heavy atom. The fraction of sp³-hybridized carbons (Fsp3) is 0.182. The van der Waals surface area contributed by atoms with Crippen molar-refractivity contribution in [2.45, 2.75) is 26.2 Å². The van der Waals surface area contributed by atoms with Crippen LogP contribution in [0.1, 0.15) is 37.0 Å². The van der Waals surface area contributed by atoms with Crippen LogP contribution in [0.25, 0.3) is 11.6 Å². The first kappa shape index (κ1) is 20.1. The summed E-state index contributed by atoms with van der Waals surface area (Å²) < 4.78 is 2.67. The van der Waals surface area contributed by atoms with Gasteiger partial charge in [-0.3, -0.25) is 9.59 Å². The van der Waals surface area contributed by atoms with Crippen LogP contribution in [0.3, 0.4) is 0 Å². The van der Waals surface area contributed by atoms with E-state index in [0.29, 0.717) is 17.5 Å². The zero-order valence-corrected chi connectivity index (χ0v) is 17.4. The summed E-state index contributed by atoms with van der Waals surface area (Å²) in [5.74, 6) is 0.248. The number of hydrogen-bond acceptors (Lipinski definition) is 6. The molecule has 0 saturated carbocycles. The van der Waals surface area contributed by atoms with Crippen LogP contribution in [0.15, 0.2) is 71.8 Å². The molecule has 31 heavy (non-hydrogen) atoms. The van der Waals surface area contributed by atoms with Crippen LogP contribution in [0, 0.1) is 0 Å². The number of nitrogens with zero attached hydrogens (tertiary/aromatic N) is 6. The van der Waals surface area contributed by atoms with Crippen LogP contribution in [0.4, 0.5) is 5.82 Å². The largest absolute Gasteiger partial charge is 0.305 e. The Labute approximate surface area is 178 Å². The van der Waals surface area contributed by atoms with Gasteiger partial charge in [0.05, 0.1) is 11.4 Å². The van der Waals surface area contributed by atoms with Crippen molar-refractivity contribution in [2.75, 3.05) is 5.32 Å². The van der Waals surface area contributed by atoms with Gasteiger partial charge in [-0.1, -0.05) is 39.0 Å². The van der Waals surface area contributed by atoms with Crippen molar-refractivity contribution in [1.82, 2.24) is 29.5 Å². The number of hydrogen-bond donors (Lipinski definition) is 1. The average Bonchev–Trinajstić information content (AvgIpc) is 3.19. The summed E-state index contributed by atoms with van der Waals surface area (Å²) in [4.78, 5) is 33.7. The Bertz CT molecular complexity index is 1270. The Balaban J connectivity index is 1.71. The fourth-order valence-electron chi connectivity index (χ4n) is 2.86. The van der Waals surface area contributed by atoms with Gasteiger partial charge in [-0.15, -0.1) is 0 Å². The molecule has 1 N–H and O–H groups in total. The number of para-hydroxylation sites is 1. The highest BCUT2D eigenvalue weighted by Crippen LogP contribution is 2.25. The summed E-state index contributed by atoms with van der Waals surface area (Å²) in [5, 5.41) is 11.6. The molecule has 0 aliphatic rings. The van der Waals surface area contributed by atoms with E-state index in [1.54, 1.807) is 48.8 Å². The number of anilines is 1. The van der Waals surface area contributed by atoms with Crippen LogP contribution >= 0.6 is 0 Å². The minimum Gasteiger partial charge on any atom is -0.305 e. The summed E-state index contributed by atoms with van der Waals surface area (Å²) in [6.07, 6.45) is 3.20. The highest BCUT2D eigenvalue weighted by atomic mass is 16.2. The molecule has 0 radical (unpaired) electrons. The summed E-state index contributed by atoms with van der Waals surface area (Å²) in [5.41, 5.74) is 0.832. The normalized spacial score (nSPS) is 11.3. The molecule has 3 aromatic heterocycles. The quantitative estimate of drug-likeness (QED) is 0.549. The minimum atomic E-state index is -0.484. The van der Waals surface area contributed by atoms with Gasteiger partial charge in [0.2, 0.25) is 0 Å². The number of nitrogens with one attached hydrogen (secondary N) is 1. The molecule has 0 saturated heterocycles. The molecule has 156 valence electrons. The van der Waals surface area contributed by atoms with Crippen LogP contribution in [0.5, 0.6) is 0 Å². The lowest BCUT2D eigenvalue weighted by molar-refractivity contribution is 0.102. The molecular formula is C22H21N7O2. The second-order valence-corrected chi connectivity index (χ2v) is 7.88. The van der Waals surface area contributed by atoms with Crippen molar-refractivity contribution < 1.29 is 4.79 Å². The van der Waals surface area contributed by atoms with E-state index in [2.05, 4.69) is 25.5 Å². The van der Waals surface area contributed by atoms with Gasteiger partial charge in [-0.2, -0.15) is 19.6 Å². The van der Waals surface area contributed by atoms with Gasteiger partial charge in [0.15, 0.2) is 0 Å². The summed E-state index contributed by atoms with van der Waals surface area (Å²) in [7, 11) is 0. The molecule has 0 unspecified atom stereocenters. The van der Waals surface area contributed by atoms with Crippen molar-refractivity contribution in [3.63, 3.8) is 0 Å². The summed E-state index contributed by atoms with van der Waals surface area (Å²) in [6.45, 7) is 6.07. The first-order valence-corrected chi connectivity index (χ1v) is 9.68. The summed E-state index contributed by atoms with van der Waals surface area (Å²) >= 11 is 0. The van der Waals surface area contributed by atoms with Crippen molar-refractivity contribution in [1.29, 1.82) is 0 Å². The first-order valence-electron chi connectivity index (χ1n) is 9.68. The Hall–Kier alpha value is -4.14. The Kier molecular flexibility index (Phi) is 5.16. The maximum atomic E-state index is 13.0. The third-order valence-electron chi connectivity index (χ3n) is 4.49. The van der Waals surface area contributed by atoms with Crippen molar-refractivity contribution >= 4 is 11.7 Å². The monoisotopic (exact) mass is 415 g/mol. The zero-order chi connectivity index (χ0) is 22.0. The number of rotatable bonds is 4. The number of aromatic nitrogens is 6. The molecule has 3 heterocycles. The number of carbonyl (C=O) groups excluding carboxylic acids is 1. The Morgan fingerprint density at radius 3 is 2.29 bits per heavy atom. The zero-order valence-electron chi connectivity index (χ0n) is 17.4. The third kappa shape index (κ3) is 4.25. The van der Waals surface area contributed by atoms with Crippen LogP contribution in [-0.2, 0) is 5.41 Å².